The van der Waals surface area contributed by atoms with Crippen molar-refractivity contribution in [3.63, 3.8) is 0 Å². The Balaban J connectivity index is 2.22. The molecule has 4 heteroatoms. The van der Waals surface area contributed by atoms with Gasteiger partial charge < -0.3 is 10.8 Å². The molecular formula is C13H17N3O. The molecule has 0 amide bonds. The van der Waals surface area contributed by atoms with Gasteiger partial charge in [0.25, 0.3) is 0 Å². The van der Waals surface area contributed by atoms with E-state index in [2.05, 4.69) is 11.2 Å². The quantitative estimate of drug-likeness (QED) is 0.823. The summed E-state index contributed by atoms with van der Waals surface area (Å²) in [5, 5.41) is 13.1. The molecule has 0 saturated heterocycles. The summed E-state index contributed by atoms with van der Waals surface area (Å²) in [6.45, 7) is 0.0110. The number of nitrogens with two attached hydrogens (primary N) is 1. The van der Waals surface area contributed by atoms with Gasteiger partial charge in [0.2, 0.25) is 0 Å². The molecule has 1 aromatic heterocycles. The van der Waals surface area contributed by atoms with Crippen molar-refractivity contribution in [1.82, 2.24) is 9.78 Å². The maximum Gasteiger partial charge on any atom is 0.0585 e. The minimum absolute atomic E-state index is 0.0110. The van der Waals surface area contributed by atoms with Crippen LogP contribution in [0.2, 0.25) is 0 Å². The van der Waals surface area contributed by atoms with Crippen LogP contribution in [0.4, 0.5) is 0 Å². The lowest BCUT2D eigenvalue weighted by atomic mass is 10.0. The van der Waals surface area contributed by atoms with E-state index in [-0.39, 0.29) is 12.6 Å². The summed E-state index contributed by atoms with van der Waals surface area (Å²) in [6.07, 6.45) is 4.50. The summed E-state index contributed by atoms with van der Waals surface area (Å²) in [6, 6.07) is 7.97. The molecule has 17 heavy (non-hydrogen) atoms. The molecular weight excluding hydrogens is 214 g/mol. The molecule has 0 fully saturated rings. The van der Waals surface area contributed by atoms with Crippen molar-refractivity contribution in [2.24, 2.45) is 12.8 Å². The monoisotopic (exact) mass is 231 g/mol. The number of rotatable bonds is 4. The van der Waals surface area contributed by atoms with Crippen molar-refractivity contribution in [1.29, 1.82) is 0 Å². The smallest absolute Gasteiger partial charge is 0.0585 e. The highest BCUT2D eigenvalue weighted by Crippen LogP contribution is 2.19. The van der Waals surface area contributed by atoms with Crippen molar-refractivity contribution >= 4 is 0 Å². The Kier molecular flexibility index (Phi) is 3.56. The maximum absolute atomic E-state index is 8.95. The molecule has 0 unspecified atom stereocenters. The van der Waals surface area contributed by atoms with Crippen LogP contribution in [0.15, 0.2) is 36.7 Å². The molecule has 0 aliphatic heterocycles. The average Bonchev–Trinajstić information content (AvgIpc) is 2.76. The first-order valence-corrected chi connectivity index (χ1v) is 5.63. The lowest BCUT2D eigenvalue weighted by molar-refractivity contribution is 0.265. The highest BCUT2D eigenvalue weighted by atomic mass is 16.3. The van der Waals surface area contributed by atoms with E-state index < -0.39 is 0 Å². The Morgan fingerprint density at radius 2 is 2.24 bits per heavy atom. The first-order valence-electron chi connectivity index (χ1n) is 5.63. The van der Waals surface area contributed by atoms with E-state index >= 15 is 0 Å². The molecule has 0 radical (unpaired) electrons. The van der Waals surface area contributed by atoms with Gasteiger partial charge in [-0.05, 0) is 17.5 Å². The van der Waals surface area contributed by atoms with Gasteiger partial charge >= 0.3 is 0 Å². The van der Waals surface area contributed by atoms with Gasteiger partial charge in [0.1, 0.15) is 0 Å². The fourth-order valence-corrected chi connectivity index (χ4v) is 1.82. The zero-order chi connectivity index (χ0) is 12.3. The molecule has 0 aliphatic carbocycles. The van der Waals surface area contributed by atoms with Crippen molar-refractivity contribution in [2.45, 2.75) is 12.5 Å². The SMILES string of the molecule is Cn1cc(-c2cccc(C[C@H](N)CO)c2)cn1. The second kappa shape index (κ2) is 5.12. The first kappa shape index (κ1) is 11.8. The zero-order valence-electron chi connectivity index (χ0n) is 9.87. The van der Waals surface area contributed by atoms with Gasteiger partial charge in [-0.3, -0.25) is 4.68 Å². The summed E-state index contributed by atoms with van der Waals surface area (Å²) in [5.41, 5.74) is 9.08. The second-order valence-electron chi connectivity index (χ2n) is 4.25. The van der Waals surface area contributed by atoms with Crippen LogP contribution in [0, 0.1) is 0 Å². The molecule has 1 atom stereocenters. The summed E-state index contributed by atoms with van der Waals surface area (Å²) in [5.74, 6) is 0. The van der Waals surface area contributed by atoms with E-state index in [0.29, 0.717) is 6.42 Å². The minimum Gasteiger partial charge on any atom is -0.395 e. The van der Waals surface area contributed by atoms with Gasteiger partial charge in [0.15, 0.2) is 0 Å². The van der Waals surface area contributed by atoms with E-state index in [9.17, 15) is 0 Å². The van der Waals surface area contributed by atoms with Crippen LogP contribution in [-0.2, 0) is 13.5 Å². The van der Waals surface area contributed by atoms with Crippen molar-refractivity contribution in [3.05, 3.63) is 42.2 Å². The van der Waals surface area contributed by atoms with E-state index in [1.807, 2.05) is 37.6 Å². The van der Waals surface area contributed by atoms with Crippen molar-refractivity contribution in [3.8, 4) is 11.1 Å². The molecule has 2 aromatic rings. The Morgan fingerprint density at radius 1 is 1.41 bits per heavy atom. The first-order chi connectivity index (χ1) is 8.19. The number of hydrogen-bond acceptors (Lipinski definition) is 3. The third-order valence-electron chi connectivity index (χ3n) is 2.70. The fraction of sp³-hybridized carbons (Fsp3) is 0.308. The highest BCUT2D eigenvalue weighted by Gasteiger charge is 2.05. The molecule has 1 aromatic carbocycles. The number of aromatic nitrogens is 2. The van der Waals surface area contributed by atoms with Crippen molar-refractivity contribution in [2.75, 3.05) is 6.61 Å². The number of benzene rings is 1. The Morgan fingerprint density at radius 3 is 2.88 bits per heavy atom. The lowest BCUT2D eigenvalue weighted by Gasteiger charge is -2.08. The van der Waals surface area contributed by atoms with E-state index in [1.165, 1.54) is 0 Å². The van der Waals surface area contributed by atoms with Crippen LogP contribution < -0.4 is 5.73 Å². The predicted molar refractivity (Wildman–Crippen MR) is 67.4 cm³/mol. The number of aliphatic hydroxyl groups excluding tert-OH is 1. The number of aryl methyl sites for hydroxylation is 1. The molecule has 2 rings (SSSR count). The van der Waals surface area contributed by atoms with Gasteiger partial charge in [-0.1, -0.05) is 24.3 Å². The largest absolute Gasteiger partial charge is 0.395 e. The summed E-state index contributed by atoms with van der Waals surface area (Å²) in [4.78, 5) is 0. The van der Waals surface area contributed by atoms with Crippen LogP contribution in [0.1, 0.15) is 5.56 Å². The summed E-state index contributed by atoms with van der Waals surface area (Å²) >= 11 is 0. The number of nitrogens with zero attached hydrogens (tertiary/aromatic N) is 2. The van der Waals surface area contributed by atoms with Crippen LogP contribution in [0.5, 0.6) is 0 Å². The summed E-state index contributed by atoms with van der Waals surface area (Å²) in [7, 11) is 1.90. The van der Waals surface area contributed by atoms with Crippen LogP contribution in [0.3, 0.4) is 0 Å². The third kappa shape index (κ3) is 2.93. The van der Waals surface area contributed by atoms with Crippen LogP contribution in [0.25, 0.3) is 11.1 Å². The molecule has 3 N–H and O–H groups in total. The average molecular weight is 231 g/mol. The Bertz CT molecular complexity index is 493. The Hall–Kier alpha value is -1.65. The van der Waals surface area contributed by atoms with E-state index in [4.69, 9.17) is 10.8 Å². The topological polar surface area (TPSA) is 64.1 Å². The van der Waals surface area contributed by atoms with Crippen molar-refractivity contribution < 1.29 is 5.11 Å². The zero-order valence-corrected chi connectivity index (χ0v) is 9.87. The predicted octanol–water partition coefficient (Wildman–Crippen LogP) is 0.949. The standard InChI is InChI=1S/C13H17N3O/c1-16-8-12(7-15-16)11-4-2-3-10(5-11)6-13(14)9-17/h2-5,7-8,13,17H,6,9,14H2,1H3/t13-/m0/s1. The molecule has 1 heterocycles. The Labute approximate surface area is 101 Å². The van der Waals surface area contributed by atoms with E-state index in [1.54, 1.807) is 4.68 Å². The normalized spacial score (nSPS) is 12.6. The fourth-order valence-electron chi connectivity index (χ4n) is 1.82. The molecule has 0 saturated carbocycles. The highest BCUT2D eigenvalue weighted by molar-refractivity contribution is 5.62. The number of hydrogen-bond donors (Lipinski definition) is 2. The van der Waals surface area contributed by atoms with E-state index in [0.717, 1.165) is 16.7 Å². The molecule has 0 aliphatic rings. The van der Waals surface area contributed by atoms with Gasteiger partial charge in [-0.2, -0.15) is 5.10 Å². The molecule has 0 bridgehead atoms. The number of aliphatic hydroxyl groups is 1. The minimum atomic E-state index is -0.195. The van der Waals surface area contributed by atoms with Crippen LogP contribution in [-0.4, -0.2) is 27.5 Å². The second-order valence-corrected chi connectivity index (χ2v) is 4.25. The molecule has 90 valence electrons. The molecule has 0 spiro atoms. The van der Waals surface area contributed by atoms with Gasteiger partial charge in [0.05, 0.1) is 12.8 Å². The third-order valence-corrected chi connectivity index (χ3v) is 2.70. The van der Waals surface area contributed by atoms with Gasteiger partial charge in [-0.15, -0.1) is 0 Å². The maximum atomic E-state index is 8.95. The molecule has 4 nitrogen and oxygen atoms in total. The van der Waals surface area contributed by atoms with Gasteiger partial charge in [0, 0.05) is 24.8 Å². The summed E-state index contributed by atoms with van der Waals surface area (Å²) < 4.78 is 1.78. The van der Waals surface area contributed by atoms with Crippen LogP contribution >= 0.6 is 0 Å². The van der Waals surface area contributed by atoms with Gasteiger partial charge in [-0.25, -0.2) is 0 Å². The lowest BCUT2D eigenvalue weighted by Crippen LogP contribution is -2.26.